The van der Waals surface area contributed by atoms with Gasteiger partial charge in [0.2, 0.25) is 0 Å². The van der Waals surface area contributed by atoms with E-state index in [1.807, 2.05) is 7.05 Å². The van der Waals surface area contributed by atoms with Crippen LogP contribution in [0.3, 0.4) is 0 Å². The Balaban J connectivity index is 2.29. The number of nitrogens with one attached hydrogen (secondary N) is 1. The summed E-state index contributed by atoms with van der Waals surface area (Å²) in [6.07, 6.45) is 3.21. The normalized spacial score (nSPS) is 10.9. The van der Waals surface area contributed by atoms with Gasteiger partial charge in [-0.3, -0.25) is 0 Å². The van der Waals surface area contributed by atoms with Crippen LogP contribution in [0.4, 0.5) is 0 Å². The molecule has 1 aromatic heterocycles. The number of hydrogen-bond donors (Lipinski definition) is 1. The van der Waals surface area contributed by atoms with E-state index in [4.69, 9.17) is 0 Å². The molecule has 2 rings (SSSR count). The predicted molar refractivity (Wildman–Crippen MR) is 74.1 cm³/mol. The molecular formula is C15H20N2. The zero-order chi connectivity index (χ0) is 12.3. The molecule has 17 heavy (non-hydrogen) atoms. The Kier molecular flexibility index (Phi) is 3.64. The molecule has 2 heteroatoms. The molecule has 0 fully saturated rings. The van der Waals surface area contributed by atoms with Gasteiger partial charge in [0.25, 0.3) is 0 Å². The smallest absolute Gasteiger partial charge is 0.0483 e. The van der Waals surface area contributed by atoms with Gasteiger partial charge in [0.1, 0.15) is 0 Å². The lowest BCUT2D eigenvalue weighted by atomic mass is 10.1. The van der Waals surface area contributed by atoms with E-state index < -0.39 is 0 Å². The maximum atomic E-state index is 3.96. The average molecular weight is 228 g/mol. The number of nitrogens with zero attached hydrogens (tertiary/aromatic N) is 1. The number of aromatic nitrogens is 1. The highest BCUT2D eigenvalue weighted by Gasteiger charge is 2.02. The van der Waals surface area contributed by atoms with Crippen LogP contribution in [-0.2, 0) is 13.1 Å². The number of aryl methyl sites for hydroxylation is 1. The van der Waals surface area contributed by atoms with Gasteiger partial charge < -0.3 is 9.88 Å². The number of fused-ring (bicyclic) bond motifs is 1. The molecule has 0 unspecified atom stereocenters. The minimum atomic E-state index is 0.918. The predicted octanol–water partition coefficient (Wildman–Crippen LogP) is 3.33. The Morgan fingerprint density at radius 1 is 1.35 bits per heavy atom. The van der Waals surface area contributed by atoms with E-state index in [2.05, 4.69) is 53.8 Å². The van der Waals surface area contributed by atoms with Crippen molar-refractivity contribution < 1.29 is 0 Å². The summed E-state index contributed by atoms with van der Waals surface area (Å²) in [4.78, 5) is 0. The van der Waals surface area contributed by atoms with Crippen LogP contribution in [0.25, 0.3) is 10.9 Å². The van der Waals surface area contributed by atoms with E-state index in [0.29, 0.717) is 0 Å². The largest absolute Gasteiger partial charge is 0.347 e. The van der Waals surface area contributed by atoms with Gasteiger partial charge >= 0.3 is 0 Å². The minimum absolute atomic E-state index is 0.918. The fourth-order valence-electron chi connectivity index (χ4n) is 2.05. The van der Waals surface area contributed by atoms with Crippen molar-refractivity contribution in [3.8, 4) is 0 Å². The molecule has 1 heterocycles. The summed E-state index contributed by atoms with van der Waals surface area (Å²) >= 11 is 0. The standard InChI is InChI=1S/C15H20N2/c1-12(2)6-8-17-9-7-14-5-4-13(11-16-3)10-15(14)17/h4-5,7,9-10,16H,1,6,8,11H2,2-3H3. The third kappa shape index (κ3) is 2.77. The first-order valence-corrected chi connectivity index (χ1v) is 6.07. The summed E-state index contributed by atoms with van der Waals surface area (Å²) in [5.74, 6) is 0. The summed E-state index contributed by atoms with van der Waals surface area (Å²) < 4.78 is 2.31. The quantitative estimate of drug-likeness (QED) is 0.777. The van der Waals surface area contributed by atoms with Gasteiger partial charge in [0.15, 0.2) is 0 Å². The zero-order valence-electron chi connectivity index (χ0n) is 10.7. The Bertz CT molecular complexity index is 523. The average Bonchev–Trinajstić information content (AvgIpc) is 2.69. The molecule has 0 radical (unpaired) electrons. The monoisotopic (exact) mass is 228 g/mol. The molecule has 0 aliphatic carbocycles. The van der Waals surface area contributed by atoms with Crippen LogP contribution in [0, 0.1) is 0 Å². The van der Waals surface area contributed by atoms with Crippen molar-refractivity contribution >= 4 is 10.9 Å². The van der Waals surface area contributed by atoms with Gasteiger partial charge in [-0.2, -0.15) is 0 Å². The van der Waals surface area contributed by atoms with Crippen LogP contribution >= 0.6 is 0 Å². The van der Waals surface area contributed by atoms with Gasteiger partial charge in [-0.15, -0.1) is 6.58 Å². The van der Waals surface area contributed by atoms with Crippen molar-refractivity contribution in [2.75, 3.05) is 7.05 Å². The maximum absolute atomic E-state index is 3.96. The highest BCUT2D eigenvalue weighted by atomic mass is 14.9. The second-order valence-electron chi connectivity index (χ2n) is 4.64. The van der Waals surface area contributed by atoms with E-state index in [9.17, 15) is 0 Å². The molecule has 0 spiro atoms. The molecule has 90 valence electrons. The van der Waals surface area contributed by atoms with Crippen LogP contribution in [0.5, 0.6) is 0 Å². The minimum Gasteiger partial charge on any atom is -0.347 e. The van der Waals surface area contributed by atoms with Crippen molar-refractivity contribution in [1.82, 2.24) is 9.88 Å². The van der Waals surface area contributed by atoms with Gasteiger partial charge in [0, 0.05) is 24.8 Å². The van der Waals surface area contributed by atoms with E-state index in [1.54, 1.807) is 0 Å². The summed E-state index contributed by atoms with van der Waals surface area (Å²) in [6, 6.07) is 8.82. The fraction of sp³-hybridized carbons (Fsp3) is 0.333. The van der Waals surface area contributed by atoms with Crippen molar-refractivity contribution in [2.24, 2.45) is 0 Å². The molecule has 0 bridgehead atoms. The topological polar surface area (TPSA) is 17.0 Å². The molecule has 1 aromatic carbocycles. The van der Waals surface area contributed by atoms with Gasteiger partial charge in [-0.1, -0.05) is 17.7 Å². The first-order chi connectivity index (χ1) is 8.20. The van der Waals surface area contributed by atoms with Crippen LogP contribution < -0.4 is 5.32 Å². The SMILES string of the molecule is C=C(C)CCn1ccc2ccc(CNC)cc21. The van der Waals surface area contributed by atoms with Crippen molar-refractivity contribution in [2.45, 2.75) is 26.4 Å². The molecule has 0 saturated heterocycles. The molecule has 0 amide bonds. The Morgan fingerprint density at radius 2 is 2.18 bits per heavy atom. The van der Waals surface area contributed by atoms with E-state index in [1.165, 1.54) is 22.0 Å². The first kappa shape index (κ1) is 11.9. The lowest BCUT2D eigenvalue weighted by molar-refractivity contribution is 0.718. The molecule has 1 N–H and O–H groups in total. The van der Waals surface area contributed by atoms with Crippen LogP contribution in [-0.4, -0.2) is 11.6 Å². The molecule has 2 nitrogen and oxygen atoms in total. The van der Waals surface area contributed by atoms with Crippen LogP contribution in [0.2, 0.25) is 0 Å². The molecular weight excluding hydrogens is 208 g/mol. The Morgan fingerprint density at radius 3 is 2.88 bits per heavy atom. The van der Waals surface area contributed by atoms with Gasteiger partial charge in [0.05, 0.1) is 0 Å². The number of rotatable bonds is 5. The van der Waals surface area contributed by atoms with E-state index in [0.717, 1.165) is 19.5 Å². The van der Waals surface area contributed by atoms with Crippen molar-refractivity contribution in [1.29, 1.82) is 0 Å². The summed E-state index contributed by atoms with van der Waals surface area (Å²) in [7, 11) is 1.98. The van der Waals surface area contributed by atoms with Crippen LogP contribution in [0.1, 0.15) is 18.9 Å². The molecule has 2 aromatic rings. The van der Waals surface area contributed by atoms with Gasteiger partial charge in [-0.25, -0.2) is 0 Å². The first-order valence-electron chi connectivity index (χ1n) is 6.07. The molecule has 0 saturated carbocycles. The molecule has 0 atom stereocenters. The van der Waals surface area contributed by atoms with Crippen molar-refractivity contribution in [3.05, 3.63) is 48.2 Å². The molecule has 0 aliphatic rings. The maximum Gasteiger partial charge on any atom is 0.0483 e. The van der Waals surface area contributed by atoms with Crippen LogP contribution in [0.15, 0.2) is 42.6 Å². The van der Waals surface area contributed by atoms with Gasteiger partial charge in [-0.05, 0) is 43.5 Å². The number of hydrogen-bond acceptors (Lipinski definition) is 1. The van der Waals surface area contributed by atoms with E-state index in [-0.39, 0.29) is 0 Å². The second-order valence-corrected chi connectivity index (χ2v) is 4.64. The summed E-state index contributed by atoms with van der Waals surface area (Å²) in [5.41, 5.74) is 3.88. The second kappa shape index (κ2) is 5.19. The fourth-order valence-corrected chi connectivity index (χ4v) is 2.05. The zero-order valence-corrected chi connectivity index (χ0v) is 10.7. The summed E-state index contributed by atoms with van der Waals surface area (Å²) in [5, 5.41) is 4.50. The third-order valence-corrected chi connectivity index (χ3v) is 3.00. The highest BCUT2D eigenvalue weighted by Crippen LogP contribution is 2.18. The number of benzene rings is 1. The lowest BCUT2D eigenvalue weighted by Crippen LogP contribution is -2.05. The van der Waals surface area contributed by atoms with E-state index >= 15 is 0 Å². The van der Waals surface area contributed by atoms with Crippen molar-refractivity contribution in [3.63, 3.8) is 0 Å². The Labute approximate surface area is 103 Å². The Hall–Kier alpha value is -1.54. The third-order valence-electron chi connectivity index (χ3n) is 3.00. The molecule has 0 aliphatic heterocycles. The number of allylic oxidation sites excluding steroid dienone is 1. The highest BCUT2D eigenvalue weighted by molar-refractivity contribution is 5.80. The lowest BCUT2D eigenvalue weighted by Gasteiger charge is -2.07. The summed E-state index contributed by atoms with van der Waals surface area (Å²) in [6.45, 7) is 7.97.